The van der Waals surface area contributed by atoms with E-state index >= 15 is 0 Å². The third kappa shape index (κ3) is 4.03. The third-order valence-electron chi connectivity index (χ3n) is 5.92. The monoisotopic (exact) mass is 457 g/mol. The summed E-state index contributed by atoms with van der Waals surface area (Å²) in [6.45, 7) is 6.59. The number of benzene rings is 2. The molecule has 2 aliphatic heterocycles. The minimum atomic E-state index is -3.69. The summed E-state index contributed by atoms with van der Waals surface area (Å²) in [7, 11) is -3.69. The van der Waals surface area contributed by atoms with Crippen molar-refractivity contribution < 1.29 is 22.7 Å². The first-order valence-electron chi connectivity index (χ1n) is 10.5. The molecule has 4 rings (SSSR count). The summed E-state index contributed by atoms with van der Waals surface area (Å²) >= 11 is 0. The summed E-state index contributed by atoms with van der Waals surface area (Å²) in [6, 6.07) is 12.1. The van der Waals surface area contributed by atoms with Crippen LogP contribution in [0.3, 0.4) is 0 Å². The molecular formula is C23H27N3O5S. The van der Waals surface area contributed by atoms with Gasteiger partial charge in [0.15, 0.2) is 0 Å². The number of hydrogen-bond donors (Lipinski definition) is 1. The maximum absolute atomic E-state index is 13.2. The van der Waals surface area contributed by atoms with E-state index in [2.05, 4.69) is 5.32 Å². The molecule has 0 radical (unpaired) electrons. The SMILES string of the molecule is Cc1cccc(NC(=O)CN2C(=O)C(C)(C)c3cc(S(=O)(=O)N4CCOCC4)ccc32)c1. The molecule has 0 spiro atoms. The average molecular weight is 458 g/mol. The van der Waals surface area contributed by atoms with Crippen molar-refractivity contribution in [3.63, 3.8) is 0 Å². The molecule has 1 fully saturated rings. The van der Waals surface area contributed by atoms with Crippen LogP contribution in [0.2, 0.25) is 0 Å². The Kier molecular flexibility index (Phi) is 5.83. The minimum Gasteiger partial charge on any atom is -0.379 e. The third-order valence-corrected chi connectivity index (χ3v) is 7.82. The number of sulfonamides is 1. The molecule has 0 aromatic heterocycles. The highest BCUT2D eigenvalue weighted by molar-refractivity contribution is 7.89. The summed E-state index contributed by atoms with van der Waals surface area (Å²) < 4.78 is 32.8. The maximum Gasteiger partial charge on any atom is 0.244 e. The van der Waals surface area contributed by atoms with Crippen LogP contribution in [0.25, 0.3) is 0 Å². The van der Waals surface area contributed by atoms with Crippen LogP contribution in [0, 0.1) is 6.92 Å². The van der Waals surface area contributed by atoms with Crippen molar-refractivity contribution in [3.05, 3.63) is 53.6 Å². The van der Waals surface area contributed by atoms with E-state index in [1.54, 1.807) is 32.0 Å². The second kappa shape index (κ2) is 8.31. The second-order valence-corrected chi connectivity index (χ2v) is 10.6. The normalized spacial score (nSPS) is 18.5. The van der Waals surface area contributed by atoms with Crippen molar-refractivity contribution in [2.45, 2.75) is 31.1 Å². The van der Waals surface area contributed by atoms with Gasteiger partial charge < -0.3 is 15.0 Å². The molecule has 9 heteroatoms. The van der Waals surface area contributed by atoms with Gasteiger partial charge in [0.05, 0.1) is 23.5 Å². The first kappa shape index (κ1) is 22.4. The van der Waals surface area contributed by atoms with Gasteiger partial charge in [0.2, 0.25) is 21.8 Å². The molecule has 1 N–H and O–H groups in total. The summed E-state index contributed by atoms with van der Waals surface area (Å²) in [5.74, 6) is -0.564. The first-order chi connectivity index (χ1) is 15.1. The molecule has 0 saturated carbocycles. The van der Waals surface area contributed by atoms with Crippen molar-refractivity contribution in [2.24, 2.45) is 0 Å². The number of nitrogens with zero attached hydrogens (tertiary/aromatic N) is 2. The van der Waals surface area contributed by atoms with Gasteiger partial charge in [0.25, 0.3) is 0 Å². The number of carbonyl (C=O) groups excluding carboxylic acids is 2. The van der Waals surface area contributed by atoms with E-state index in [1.807, 2.05) is 25.1 Å². The number of anilines is 2. The minimum absolute atomic E-state index is 0.144. The van der Waals surface area contributed by atoms with Crippen molar-refractivity contribution >= 4 is 33.2 Å². The molecule has 170 valence electrons. The number of carbonyl (C=O) groups is 2. The van der Waals surface area contributed by atoms with Crippen molar-refractivity contribution in [1.82, 2.24) is 4.31 Å². The zero-order valence-corrected chi connectivity index (χ0v) is 19.2. The number of ether oxygens (including phenoxy) is 1. The van der Waals surface area contributed by atoms with E-state index in [4.69, 9.17) is 4.74 Å². The van der Waals surface area contributed by atoms with Gasteiger partial charge in [-0.05, 0) is 62.2 Å². The lowest BCUT2D eigenvalue weighted by Crippen LogP contribution is -2.41. The molecule has 2 heterocycles. The molecule has 0 bridgehead atoms. The Labute approximate surface area is 188 Å². The van der Waals surface area contributed by atoms with E-state index in [-0.39, 0.29) is 23.3 Å². The molecule has 2 aliphatic rings. The second-order valence-electron chi connectivity index (χ2n) is 8.63. The Balaban J connectivity index is 1.60. The van der Waals surface area contributed by atoms with Gasteiger partial charge in [0.1, 0.15) is 6.54 Å². The zero-order chi connectivity index (χ0) is 23.1. The van der Waals surface area contributed by atoms with E-state index in [1.165, 1.54) is 15.3 Å². The van der Waals surface area contributed by atoms with Gasteiger partial charge in [-0.2, -0.15) is 4.31 Å². The lowest BCUT2D eigenvalue weighted by Gasteiger charge is -2.26. The maximum atomic E-state index is 13.2. The van der Waals surface area contributed by atoms with E-state index in [0.717, 1.165) is 5.56 Å². The number of aryl methyl sites for hydroxylation is 1. The van der Waals surface area contributed by atoms with E-state index < -0.39 is 15.4 Å². The number of fused-ring (bicyclic) bond motifs is 1. The largest absolute Gasteiger partial charge is 0.379 e. The molecule has 8 nitrogen and oxygen atoms in total. The lowest BCUT2D eigenvalue weighted by molar-refractivity contribution is -0.124. The van der Waals surface area contributed by atoms with Crippen molar-refractivity contribution in [2.75, 3.05) is 43.1 Å². The number of rotatable bonds is 5. The number of hydrogen-bond acceptors (Lipinski definition) is 5. The standard InChI is InChI=1S/C23H27N3O5S/c1-16-5-4-6-17(13-16)24-21(27)15-26-20-8-7-18(14-19(20)23(2,3)22(26)28)32(29,30)25-9-11-31-12-10-25/h4-8,13-14H,9-12,15H2,1-3H3,(H,24,27). The van der Waals surface area contributed by atoms with Gasteiger partial charge in [-0.1, -0.05) is 12.1 Å². The summed E-state index contributed by atoms with van der Waals surface area (Å²) in [6.07, 6.45) is 0. The Morgan fingerprint density at radius 2 is 1.84 bits per heavy atom. The number of morpholine rings is 1. The Bertz CT molecular complexity index is 1170. The summed E-state index contributed by atoms with van der Waals surface area (Å²) in [5, 5.41) is 2.82. The first-order valence-corrected chi connectivity index (χ1v) is 12.0. The predicted octanol–water partition coefficient (Wildman–Crippen LogP) is 2.28. The molecule has 0 aliphatic carbocycles. The topological polar surface area (TPSA) is 96.0 Å². The van der Waals surface area contributed by atoms with Gasteiger partial charge in [-0.3, -0.25) is 9.59 Å². The van der Waals surface area contributed by atoms with Crippen molar-refractivity contribution in [1.29, 1.82) is 0 Å². The molecule has 2 aromatic carbocycles. The average Bonchev–Trinajstić information content (AvgIpc) is 2.94. The zero-order valence-electron chi connectivity index (χ0n) is 18.4. The number of amides is 2. The van der Waals surface area contributed by atoms with Gasteiger partial charge in [0, 0.05) is 24.5 Å². The van der Waals surface area contributed by atoms with Crippen LogP contribution in [-0.2, 0) is 29.8 Å². The fourth-order valence-electron chi connectivity index (χ4n) is 4.13. The molecule has 0 unspecified atom stereocenters. The molecule has 0 atom stereocenters. The number of nitrogens with one attached hydrogen (secondary N) is 1. The molecular weight excluding hydrogens is 430 g/mol. The van der Waals surface area contributed by atoms with Gasteiger partial charge >= 0.3 is 0 Å². The van der Waals surface area contributed by atoms with Gasteiger partial charge in [-0.25, -0.2) is 8.42 Å². The van der Waals surface area contributed by atoms with Crippen LogP contribution in [0.4, 0.5) is 11.4 Å². The van der Waals surface area contributed by atoms with Crippen LogP contribution in [-0.4, -0.2) is 57.4 Å². The Morgan fingerprint density at radius 3 is 2.53 bits per heavy atom. The highest BCUT2D eigenvalue weighted by Crippen LogP contribution is 2.42. The summed E-state index contributed by atoms with van der Waals surface area (Å²) in [5.41, 5.74) is 1.88. The van der Waals surface area contributed by atoms with E-state index in [0.29, 0.717) is 43.2 Å². The van der Waals surface area contributed by atoms with Crippen LogP contribution in [0.5, 0.6) is 0 Å². The summed E-state index contributed by atoms with van der Waals surface area (Å²) in [4.78, 5) is 27.4. The highest BCUT2D eigenvalue weighted by Gasteiger charge is 2.45. The van der Waals surface area contributed by atoms with Gasteiger partial charge in [-0.15, -0.1) is 0 Å². The molecule has 2 amide bonds. The fraction of sp³-hybridized carbons (Fsp3) is 0.391. The Morgan fingerprint density at radius 1 is 1.12 bits per heavy atom. The smallest absolute Gasteiger partial charge is 0.244 e. The van der Waals surface area contributed by atoms with E-state index in [9.17, 15) is 18.0 Å². The fourth-order valence-corrected chi connectivity index (χ4v) is 5.57. The lowest BCUT2D eigenvalue weighted by atomic mass is 9.86. The van der Waals surface area contributed by atoms with Crippen LogP contribution < -0.4 is 10.2 Å². The van der Waals surface area contributed by atoms with Crippen LogP contribution in [0.1, 0.15) is 25.0 Å². The van der Waals surface area contributed by atoms with Crippen LogP contribution >= 0.6 is 0 Å². The Hall–Kier alpha value is -2.75. The quantitative estimate of drug-likeness (QED) is 0.743. The molecule has 1 saturated heterocycles. The highest BCUT2D eigenvalue weighted by atomic mass is 32.2. The molecule has 2 aromatic rings. The van der Waals surface area contributed by atoms with Crippen molar-refractivity contribution in [3.8, 4) is 0 Å². The molecule has 32 heavy (non-hydrogen) atoms. The predicted molar refractivity (Wildman–Crippen MR) is 121 cm³/mol. The van der Waals surface area contributed by atoms with Crippen LogP contribution in [0.15, 0.2) is 47.4 Å².